The van der Waals surface area contributed by atoms with E-state index in [1.807, 2.05) is 6.61 Å². The molecule has 0 saturated heterocycles. The lowest BCUT2D eigenvalue weighted by molar-refractivity contribution is 0.111. The molecule has 0 spiro atoms. The SMILES string of the molecule is CCCCC[CH]OC(C)CC. The first-order chi connectivity index (χ1) is 5.31. The van der Waals surface area contributed by atoms with E-state index < -0.39 is 0 Å². The lowest BCUT2D eigenvalue weighted by atomic mass is 10.2. The van der Waals surface area contributed by atoms with Crippen molar-refractivity contribution in [3.05, 3.63) is 6.61 Å². The summed E-state index contributed by atoms with van der Waals surface area (Å²) in [6.07, 6.45) is 6.49. The van der Waals surface area contributed by atoms with Crippen LogP contribution in [0.3, 0.4) is 0 Å². The van der Waals surface area contributed by atoms with Crippen molar-refractivity contribution in [3.63, 3.8) is 0 Å². The van der Waals surface area contributed by atoms with Gasteiger partial charge in [0.25, 0.3) is 0 Å². The normalized spacial score (nSPS) is 13.4. The van der Waals surface area contributed by atoms with E-state index in [0.29, 0.717) is 6.10 Å². The topological polar surface area (TPSA) is 9.23 Å². The van der Waals surface area contributed by atoms with Crippen LogP contribution in [-0.2, 0) is 4.74 Å². The Morgan fingerprint density at radius 2 is 2.00 bits per heavy atom. The van der Waals surface area contributed by atoms with Crippen molar-refractivity contribution in [3.8, 4) is 0 Å². The van der Waals surface area contributed by atoms with Crippen LogP contribution in [0.15, 0.2) is 0 Å². The second-order valence-corrected chi connectivity index (χ2v) is 3.02. The second kappa shape index (κ2) is 8.06. The van der Waals surface area contributed by atoms with E-state index in [4.69, 9.17) is 4.74 Å². The summed E-state index contributed by atoms with van der Waals surface area (Å²) in [7, 11) is 0. The van der Waals surface area contributed by atoms with Gasteiger partial charge in [0, 0.05) is 0 Å². The molecule has 0 N–H and O–H groups in total. The molecule has 0 aromatic heterocycles. The molecule has 1 unspecified atom stereocenters. The molecule has 0 aliphatic rings. The number of rotatable bonds is 7. The van der Waals surface area contributed by atoms with Gasteiger partial charge in [-0.05, 0) is 19.8 Å². The fourth-order valence-corrected chi connectivity index (χ4v) is 0.806. The molecule has 1 radical (unpaired) electrons. The molecule has 0 rings (SSSR count). The predicted octanol–water partition coefficient (Wildman–Crippen LogP) is 3.54. The molecule has 0 aliphatic heterocycles. The maximum absolute atomic E-state index is 5.41. The second-order valence-electron chi connectivity index (χ2n) is 3.02. The van der Waals surface area contributed by atoms with Gasteiger partial charge in [0.15, 0.2) is 0 Å². The highest BCUT2D eigenvalue weighted by atomic mass is 16.5. The van der Waals surface area contributed by atoms with Gasteiger partial charge in [0.2, 0.25) is 0 Å². The van der Waals surface area contributed by atoms with Gasteiger partial charge in [-0.15, -0.1) is 0 Å². The Kier molecular flexibility index (Phi) is 8.03. The Labute approximate surface area is 71.1 Å². The van der Waals surface area contributed by atoms with Crippen LogP contribution in [0.25, 0.3) is 0 Å². The van der Waals surface area contributed by atoms with Gasteiger partial charge < -0.3 is 4.74 Å². The quantitative estimate of drug-likeness (QED) is 0.513. The monoisotopic (exact) mass is 157 g/mol. The first kappa shape index (κ1) is 11.0. The van der Waals surface area contributed by atoms with Crippen molar-refractivity contribution in [1.29, 1.82) is 0 Å². The van der Waals surface area contributed by atoms with Crippen LogP contribution in [0, 0.1) is 6.61 Å². The van der Waals surface area contributed by atoms with Gasteiger partial charge >= 0.3 is 0 Å². The van der Waals surface area contributed by atoms with Gasteiger partial charge in [-0.1, -0.05) is 33.1 Å². The summed E-state index contributed by atoms with van der Waals surface area (Å²) in [5.41, 5.74) is 0. The maximum Gasteiger partial charge on any atom is 0.0840 e. The van der Waals surface area contributed by atoms with Gasteiger partial charge in [-0.2, -0.15) is 0 Å². The zero-order chi connectivity index (χ0) is 8.53. The molecular weight excluding hydrogens is 136 g/mol. The minimum atomic E-state index is 0.400. The molecular formula is C10H21O. The number of unbranched alkanes of at least 4 members (excludes halogenated alkanes) is 3. The number of hydrogen-bond acceptors (Lipinski definition) is 1. The zero-order valence-electron chi connectivity index (χ0n) is 8.10. The minimum absolute atomic E-state index is 0.400. The van der Waals surface area contributed by atoms with Crippen LogP contribution in [0.4, 0.5) is 0 Å². The van der Waals surface area contributed by atoms with E-state index >= 15 is 0 Å². The van der Waals surface area contributed by atoms with E-state index in [1.54, 1.807) is 0 Å². The molecule has 0 aliphatic carbocycles. The molecule has 11 heavy (non-hydrogen) atoms. The predicted molar refractivity (Wildman–Crippen MR) is 49.3 cm³/mol. The molecule has 0 aromatic carbocycles. The molecule has 1 nitrogen and oxygen atoms in total. The minimum Gasteiger partial charge on any atom is -0.373 e. The van der Waals surface area contributed by atoms with Crippen LogP contribution >= 0.6 is 0 Å². The molecule has 67 valence electrons. The smallest absolute Gasteiger partial charge is 0.0840 e. The molecule has 0 fully saturated rings. The van der Waals surface area contributed by atoms with E-state index in [9.17, 15) is 0 Å². The molecule has 0 amide bonds. The highest BCUT2D eigenvalue weighted by Gasteiger charge is 1.96. The first-order valence-electron chi connectivity index (χ1n) is 4.78. The lowest BCUT2D eigenvalue weighted by Gasteiger charge is -2.08. The third kappa shape index (κ3) is 7.86. The first-order valence-corrected chi connectivity index (χ1v) is 4.78. The van der Waals surface area contributed by atoms with Crippen LogP contribution in [0.5, 0.6) is 0 Å². The Balaban J connectivity index is 2.89. The summed E-state index contributed by atoms with van der Waals surface area (Å²) in [4.78, 5) is 0. The van der Waals surface area contributed by atoms with Crippen molar-refractivity contribution < 1.29 is 4.74 Å². The van der Waals surface area contributed by atoms with Crippen molar-refractivity contribution in [2.45, 2.75) is 59.0 Å². The van der Waals surface area contributed by atoms with Crippen LogP contribution in [0.1, 0.15) is 52.9 Å². The number of hydrogen-bond donors (Lipinski definition) is 0. The molecule has 0 aromatic rings. The third-order valence-corrected chi connectivity index (χ3v) is 1.83. The van der Waals surface area contributed by atoms with Crippen molar-refractivity contribution in [2.75, 3.05) is 0 Å². The van der Waals surface area contributed by atoms with Crippen LogP contribution < -0.4 is 0 Å². The summed E-state index contributed by atoms with van der Waals surface area (Å²) < 4.78 is 5.41. The molecule has 0 heterocycles. The van der Waals surface area contributed by atoms with E-state index in [0.717, 1.165) is 12.8 Å². The van der Waals surface area contributed by atoms with E-state index in [2.05, 4.69) is 20.8 Å². The zero-order valence-corrected chi connectivity index (χ0v) is 8.10. The largest absolute Gasteiger partial charge is 0.373 e. The standard InChI is InChI=1S/C10H21O/c1-4-6-7-8-9-11-10(3)5-2/h9-10H,4-8H2,1-3H3. The van der Waals surface area contributed by atoms with Crippen molar-refractivity contribution >= 4 is 0 Å². The Morgan fingerprint density at radius 3 is 2.55 bits per heavy atom. The average Bonchev–Trinajstić information content (AvgIpc) is 2.04. The lowest BCUT2D eigenvalue weighted by Crippen LogP contribution is -2.03. The summed E-state index contributed by atoms with van der Waals surface area (Å²) >= 11 is 0. The van der Waals surface area contributed by atoms with Crippen LogP contribution in [-0.4, -0.2) is 6.10 Å². The Bertz CT molecular complexity index is 71.3. The van der Waals surface area contributed by atoms with Crippen molar-refractivity contribution in [2.24, 2.45) is 0 Å². The fraction of sp³-hybridized carbons (Fsp3) is 0.900. The fourth-order valence-electron chi connectivity index (χ4n) is 0.806. The highest BCUT2D eigenvalue weighted by molar-refractivity contribution is 4.54. The summed E-state index contributed by atoms with van der Waals surface area (Å²) in [5, 5.41) is 0. The van der Waals surface area contributed by atoms with Gasteiger partial charge in [-0.25, -0.2) is 0 Å². The summed E-state index contributed by atoms with van der Waals surface area (Å²) in [5.74, 6) is 0. The van der Waals surface area contributed by atoms with E-state index in [1.165, 1.54) is 19.3 Å². The van der Waals surface area contributed by atoms with Gasteiger partial charge in [0.1, 0.15) is 0 Å². The summed E-state index contributed by atoms with van der Waals surface area (Å²) in [6.45, 7) is 8.43. The Morgan fingerprint density at radius 1 is 1.27 bits per heavy atom. The van der Waals surface area contributed by atoms with Crippen LogP contribution in [0.2, 0.25) is 0 Å². The van der Waals surface area contributed by atoms with Crippen molar-refractivity contribution in [1.82, 2.24) is 0 Å². The third-order valence-electron chi connectivity index (χ3n) is 1.83. The molecule has 1 heteroatoms. The maximum atomic E-state index is 5.41. The van der Waals surface area contributed by atoms with Gasteiger partial charge in [-0.3, -0.25) is 0 Å². The molecule has 0 bridgehead atoms. The molecule has 1 atom stereocenters. The summed E-state index contributed by atoms with van der Waals surface area (Å²) in [6, 6.07) is 0. The molecule has 0 saturated carbocycles. The Hall–Kier alpha value is -0.0400. The number of ether oxygens (including phenoxy) is 1. The van der Waals surface area contributed by atoms with E-state index in [-0.39, 0.29) is 0 Å². The highest BCUT2D eigenvalue weighted by Crippen LogP contribution is 2.05. The van der Waals surface area contributed by atoms with Gasteiger partial charge in [0.05, 0.1) is 12.7 Å². The average molecular weight is 157 g/mol.